The van der Waals surface area contributed by atoms with Gasteiger partial charge in [0.1, 0.15) is 6.61 Å². The number of oxime groups is 1. The molecule has 7 nitrogen and oxygen atoms in total. The predicted molar refractivity (Wildman–Crippen MR) is 79.5 cm³/mol. The maximum atomic E-state index is 11.8. The molecule has 3 aromatic rings. The first-order valence-corrected chi connectivity index (χ1v) is 6.26. The number of H-pyrrole nitrogens is 2. The molecule has 116 valence electrons. The van der Waals surface area contributed by atoms with Crippen molar-refractivity contribution >= 4 is 23.2 Å². The van der Waals surface area contributed by atoms with Crippen LogP contribution in [0.15, 0.2) is 46.5 Å². The first-order valence-electron chi connectivity index (χ1n) is 6.26. The summed E-state index contributed by atoms with van der Waals surface area (Å²) in [6, 6.07) is 9.65. The van der Waals surface area contributed by atoms with Gasteiger partial charge in [-0.3, -0.25) is 4.79 Å². The third-order valence-corrected chi connectivity index (χ3v) is 2.91. The third-order valence-electron chi connectivity index (χ3n) is 2.91. The summed E-state index contributed by atoms with van der Waals surface area (Å²) in [5.74, 6) is -0.182. The van der Waals surface area contributed by atoms with Gasteiger partial charge in [-0.2, -0.15) is 0 Å². The Labute approximate surface area is 139 Å². The molecule has 0 fully saturated rings. The van der Waals surface area contributed by atoms with Crippen molar-refractivity contribution in [3.63, 3.8) is 0 Å². The normalized spacial score (nSPS) is 10.7. The van der Waals surface area contributed by atoms with E-state index in [1.807, 2.05) is 30.3 Å². The van der Waals surface area contributed by atoms with Crippen LogP contribution in [0.25, 0.3) is 16.8 Å². The number of aromatic nitrogens is 3. The van der Waals surface area contributed by atoms with E-state index in [0.717, 1.165) is 5.56 Å². The van der Waals surface area contributed by atoms with E-state index in [1.165, 1.54) is 6.21 Å². The summed E-state index contributed by atoms with van der Waals surface area (Å²) in [4.78, 5) is 26.0. The van der Waals surface area contributed by atoms with Crippen LogP contribution in [0.4, 0.5) is 5.95 Å². The zero-order valence-electron chi connectivity index (χ0n) is 11.3. The molecule has 0 amide bonds. The molecule has 0 aliphatic carbocycles. The first kappa shape index (κ1) is 16.0. The smallest absolute Gasteiger partial charge is 0.204 e. The third kappa shape index (κ3) is 3.42. The standard InChI is InChI=1S/C14H13N5O2.Pd/c15-14-18-12-11(13(20)19-14)10(6-16-12)7-17-21-8-9-4-2-1-3-5-9;/h1-7H,8H2,(H4,15,16,17,18,19,20);/p-1. The van der Waals surface area contributed by atoms with E-state index in [1.54, 1.807) is 6.20 Å². The Balaban J connectivity index is 0.00000176. The molecule has 2 heterocycles. The van der Waals surface area contributed by atoms with Crippen molar-refractivity contribution in [2.24, 2.45) is 5.16 Å². The van der Waals surface area contributed by atoms with Crippen molar-refractivity contribution in [3.05, 3.63) is 63.7 Å². The van der Waals surface area contributed by atoms with Gasteiger partial charge in [0.15, 0.2) is 0 Å². The molecule has 2 aromatic heterocycles. The van der Waals surface area contributed by atoms with Gasteiger partial charge in [0, 0.05) is 38.1 Å². The Hall–Kier alpha value is -2.43. The molecule has 0 saturated heterocycles. The van der Waals surface area contributed by atoms with Gasteiger partial charge in [-0.25, -0.2) is 0 Å². The van der Waals surface area contributed by atoms with Crippen molar-refractivity contribution < 1.29 is 25.3 Å². The Morgan fingerprint density at radius 2 is 2.09 bits per heavy atom. The van der Waals surface area contributed by atoms with E-state index in [9.17, 15) is 4.79 Å². The summed E-state index contributed by atoms with van der Waals surface area (Å²) in [6.45, 7) is 0.352. The van der Waals surface area contributed by atoms with Gasteiger partial charge < -0.3 is 25.5 Å². The number of aromatic amines is 2. The van der Waals surface area contributed by atoms with E-state index in [0.29, 0.717) is 23.2 Å². The quantitative estimate of drug-likeness (QED) is 0.407. The van der Waals surface area contributed by atoms with E-state index in [4.69, 9.17) is 10.6 Å². The molecule has 0 aliphatic heterocycles. The van der Waals surface area contributed by atoms with Gasteiger partial charge >= 0.3 is 0 Å². The number of nitrogens with one attached hydrogen (secondary N) is 3. The van der Waals surface area contributed by atoms with Crippen molar-refractivity contribution in [1.82, 2.24) is 15.0 Å². The van der Waals surface area contributed by atoms with Crippen LogP contribution in [0, 0.1) is 0 Å². The molecular formula is C14H12N5O2Pd-. The molecule has 3 rings (SSSR count). The molecule has 0 unspecified atom stereocenters. The molecule has 0 bridgehead atoms. The Bertz CT molecular complexity index is 841. The fourth-order valence-electron chi connectivity index (χ4n) is 1.95. The van der Waals surface area contributed by atoms with Crippen LogP contribution in [0.3, 0.4) is 0 Å². The maximum Gasteiger partial charge on any atom is 0.204 e. The fraction of sp³-hybridized carbons (Fsp3) is 0.0714. The molecule has 0 atom stereocenters. The summed E-state index contributed by atoms with van der Waals surface area (Å²) in [7, 11) is 0. The number of benzene rings is 1. The van der Waals surface area contributed by atoms with Crippen LogP contribution in [0.1, 0.15) is 11.1 Å². The van der Waals surface area contributed by atoms with Crippen molar-refractivity contribution in [1.29, 1.82) is 0 Å². The molecule has 22 heavy (non-hydrogen) atoms. The van der Waals surface area contributed by atoms with Crippen LogP contribution in [0.2, 0.25) is 0 Å². The molecular weight excluding hydrogens is 377 g/mol. The van der Waals surface area contributed by atoms with Crippen molar-refractivity contribution in [2.75, 3.05) is 0 Å². The second-order valence-corrected chi connectivity index (χ2v) is 4.38. The van der Waals surface area contributed by atoms with Gasteiger partial charge in [0.2, 0.25) is 5.56 Å². The summed E-state index contributed by atoms with van der Waals surface area (Å²) >= 11 is 0. The molecule has 3 N–H and O–H groups in total. The van der Waals surface area contributed by atoms with E-state index in [-0.39, 0.29) is 31.9 Å². The monoisotopic (exact) mass is 388 g/mol. The molecule has 0 saturated carbocycles. The van der Waals surface area contributed by atoms with Gasteiger partial charge in [0.25, 0.3) is 0 Å². The predicted octanol–water partition coefficient (Wildman–Crippen LogP) is 2.48. The largest absolute Gasteiger partial charge is 0.411 e. The number of hydrogen-bond donors (Lipinski definition) is 2. The minimum Gasteiger partial charge on any atom is -0.411 e. The van der Waals surface area contributed by atoms with Crippen LogP contribution < -0.4 is 5.56 Å². The topological polar surface area (TPSA) is 107 Å². The zero-order valence-corrected chi connectivity index (χ0v) is 12.8. The molecule has 0 aliphatic rings. The van der Waals surface area contributed by atoms with Gasteiger partial charge in [-0.05, 0) is 5.56 Å². The number of nitrogens with zero attached hydrogens (tertiary/aromatic N) is 2. The minimum atomic E-state index is -0.379. The fourth-order valence-corrected chi connectivity index (χ4v) is 1.95. The van der Waals surface area contributed by atoms with E-state index < -0.39 is 0 Å². The Kier molecular flexibility index (Phi) is 5.09. The van der Waals surface area contributed by atoms with Gasteiger partial charge in [-0.15, -0.1) is 0 Å². The number of fused-ring (bicyclic) bond motifs is 1. The van der Waals surface area contributed by atoms with E-state index >= 15 is 0 Å². The second-order valence-electron chi connectivity index (χ2n) is 4.38. The van der Waals surface area contributed by atoms with Crippen molar-refractivity contribution in [2.45, 2.75) is 6.61 Å². The van der Waals surface area contributed by atoms with Crippen LogP contribution in [0.5, 0.6) is 0 Å². The number of rotatable bonds is 4. The summed E-state index contributed by atoms with van der Waals surface area (Å²) < 4.78 is 0. The Morgan fingerprint density at radius 3 is 2.86 bits per heavy atom. The summed E-state index contributed by atoms with van der Waals surface area (Å²) in [5.41, 5.74) is 8.89. The molecule has 1 aromatic carbocycles. The van der Waals surface area contributed by atoms with Crippen LogP contribution >= 0.6 is 0 Å². The average Bonchev–Trinajstić information content (AvgIpc) is 2.88. The maximum absolute atomic E-state index is 11.8. The molecule has 8 heteroatoms. The average molecular weight is 389 g/mol. The SMILES string of the molecule is [NH-]c1nc2[nH]cc(/C=N/OCc3ccccc3)c2c(=O)[nH]1.[Pd]. The van der Waals surface area contributed by atoms with E-state index in [2.05, 4.69) is 20.1 Å². The van der Waals surface area contributed by atoms with Crippen LogP contribution in [-0.2, 0) is 31.9 Å². The Morgan fingerprint density at radius 1 is 1.32 bits per heavy atom. The zero-order chi connectivity index (χ0) is 14.7. The van der Waals surface area contributed by atoms with Gasteiger partial charge in [-0.1, -0.05) is 35.5 Å². The molecule has 0 radical (unpaired) electrons. The molecule has 0 spiro atoms. The van der Waals surface area contributed by atoms with Crippen LogP contribution in [-0.4, -0.2) is 21.2 Å². The van der Waals surface area contributed by atoms with Crippen molar-refractivity contribution in [3.8, 4) is 0 Å². The minimum absolute atomic E-state index is 0. The first-order chi connectivity index (χ1) is 10.2. The number of hydrogen-bond acceptors (Lipinski definition) is 4. The van der Waals surface area contributed by atoms with Gasteiger partial charge in [0.05, 0.1) is 17.2 Å². The summed E-state index contributed by atoms with van der Waals surface area (Å²) in [5, 5.41) is 4.21. The second kappa shape index (κ2) is 7.02. The summed E-state index contributed by atoms with van der Waals surface area (Å²) in [6.07, 6.45) is 3.05.